The Morgan fingerprint density at radius 3 is 2.56 bits per heavy atom. The average Bonchev–Trinajstić information content (AvgIpc) is 3.17. The van der Waals surface area contributed by atoms with Crippen molar-refractivity contribution in [1.82, 2.24) is 25.8 Å². The summed E-state index contributed by atoms with van der Waals surface area (Å²) in [6.07, 6.45) is 0. The Balaban J connectivity index is 1.86. The van der Waals surface area contributed by atoms with Crippen LogP contribution in [0.4, 0.5) is 5.13 Å². The van der Waals surface area contributed by atoms with E-state index in [1.54, 1.807) is 6.07 Å². The monoisotopic (exact) mass is 454 g/mol. The molecule has 0 saturated heterocycles. The number of hydrogen-bond acceptors (Lipinski definition) is 7. The lowest BCUT2D eigenvalue weighted by Gasteiger charge is -2.10. The van der Waals surface area contributed by atoms with Gasteiger partial charge >= 0.3 is 0 Å². The average molecular weight is 455 g/mol. The van der Waals surface area contributed by atoms with Crippen molar-refractivity contribution in [2.45, 2.75) is 26.7 Å². The second kappa shape index (κ2) is 10.8. The van der Waals surface area contributed by atoms with Crippen LogP contribution in [0.5, 0.6) is 0 Å². The molecule has 2 aromatic heterocycles. The van der Waals surface area contributed by atoms with Gasteiger partial charge in [0.25, 0.3) is 5.56 Å². The number of thiazole rings is 1. The summed E-state index contributed by atoms with van der Waals surface area (Å²) in [6, 6.07) is 11.2. The third-order valence-corrected chi connectivity index (χ3v) is 5.53. The van der Waals surface area contributed by atoms with Gasteiger partial charge in [-0.25, -0.2) is 10.1 Å². The first-order valence-corrected chi connectivity index (χ1v) is 11.1. The van der Waals surface area contributed by atoms with Crippen LogP contribution in [-0.2, 0) is 9.59 Å². The highest BCUT2D eigenvalue weighted by molar-refractivity contribution is 7.19. The molecule has 4 N–H and O–H groups in total. The lowest BCUT2D eigenvalue weighted by Crippen LogP contribution is -2.34. The molecule has 0 aliphatic heterocycles. The minimum atomic E-state index is -0.262. The highest BCUT2D eigenvalue weighted by Gasteiger charge is 2.21. The SMILES string of the molecule is CC(=O)NCCNCC(=O)Nc1nc(-c2ccccc2)c(-c2n[nH]c(=O)cc2C(C)C)s1. The molecule has 0 unspecified atom stereocenters. The van der Waals surface area contributed by atoms with Crippen molar-refractivity contribution in [3.05, 3.63) is 52.3 Å². The van der Waals surface area contributed by atoms with Crippen molar-refractivity contribution >= 4 is 28.3 Å². The summed E-state index contributed by atoms with van der Waals surface area (Å²) in [5.74, 6) is -0.278. The number of nitrogens with one attached hydrogen (secondary N) is 4. The van der Waals surface area contributed by atoms with Crippen LogP contribution in [0.25, 0.3) is 21.8 Å². The molecule has 0 aliphatic carbocycles. The quantitative estimate of drug-likeness (QED) is 0.367. The molecule has 2 heterocycles. The van der Waals surface area contributed by atoms with Gasteiger partial charge < -0.3 is 16.0 Å². The zero-order chi connectivity index (χ0) is 23.1. The van der Waals surface area contributed by atoms with Crippen molar-refractivity contribution < 1.29 is 9.59 Å². The first kappa shape index (κ1) is 23.3. The molecule has 0 bridgehead atoms. The number of aromatic amines is 1. The molecule has 10 heteroatoms. The Kier molecular flexibility index (Phi) is 7.85. The Bertz CT molecular complexity index is 1140. The van der Waals surface area contributed by atoms with E-state index < -0.39 is 0 Å². The van der Waals surface area contributed by atoms with Crippen LogP contribution in [-0.4, -0.2) is 46.6 Å². The lowest BCUT2D eigenvalue weighted by atomic mass is 10.00. The van der Waals surface area contributed by atoms with Crippen LogP contribution < -0.4 is 21.5 Å². The van der Waals surface area contributed by atoms with Gasteiger partial charge in [-0.1, -0.05) is 55.5 Å². The zero-order valence-corrected chi connectivity index (χ0v) is 19.0. The van der Waals surface area contributed by atoms with Crippen molar-refractivity contribution in [1.29, 1.82) is 0 Å². The van der Waals surface area contributed by atoms with E-state index in [4.69, 9.17) is 0 Å². The molecule has 3 rings (SSSR count). The van der Waals surface area contributed by atoms with Crippen LogP contribution in [0.1, 0.15) is 32.3 Å². The van der Waals surface area contributed by atoms with Crippen LogP contribution >= 0.6 is 11.3 Å². The standard InChI is InChI=1S/C22H26N6O3S/c1-13(2)16-11-17(30)27-28-20(16)21-19(15-7-5-4-6-8-15)26-22(32-21)25-18(31)12-23-9-10-24-14(3)29/h4-8,11,13,23H,9-10,12H2,1-3H3,(H,24,29)(H,27,30)(H,25,26,31). The van der Waals surface area contributed by atoms with E-state index in [2.05, 4.69) is 31.1 Å². The first-order chi connectivity index (χ1) is 15.3. The van der Waals surface area contributed by atoms with Gasteiger partial charge in [0.1, 0.15) is 5.69 Å². The fourth-order valence-electron chi connectivity index (χ4n) is 3.06. The van der Waals surface area contributed by atoms with Gasteiger partial charge in [-0.05, 0) is 11.5 Å². The smallest absolute Gasteiger partial charge is 0.264 e. The first-order valence-electron chi connectivity index (χ1n) is 10.3. The number of benzene rings is 1. The van der Waals surface area contributed by atoms with Crippen molar-refractivity contribution in [2.24, 2.45) is 0 Å². The molecule has 168 valence electrons. The van der Waals surface area contributed by atoms with E-state index in [1.165, 1.54) is 18.3 Å². The number of nitrogens with zero attached hydrogens (tertiary/aromatic N) is 2. The number of anilines is 1. The van der Waals surface area contributed by atoms with E-state index in [0.717, 1.165) is 16.0 Å². The highest BCUT2D eigenvalue weighted by Crippen LogP contribution is 2.40. The van der Waals surface area contributed by atoms with Crippen LogP contribution in [0.3, 0.4) is 0 Å². The van der Waals surface area contributed by atoms with Gasteiger partial charge in [0.05, 0.1) is 17.1 Å². The van der Waals surface area contributed by atoms with Gasteiger partial charge in [-0.3, -0.25) is 14.4 Å². The predicted molar refractivity (Wildman–Crippen MR) is 126 cm³/mol. The summed E-state index contributed by atoms with van der Waals surface area (Å²) < 4.78 is 0. The van der Waals surface area contributed by atoms with E-state index >= 15 is 0 Å². The second-order valence-corrected chi connectivity index (χ2v) is 8.46. The van der Waals surface area contributed by atoms with Crippen LogP contribution in [0.15, 0.2) is 41.2 Å². The maximum absolute atomic E-state index is 12.4. The van der Waals surface area contributed by atoms with Crippen LogP contribution in [0, 0.1) is 0 Å². The second-order valence-electron chi connectivity index (χ2n) is 7.46. The fraction of sp³-hybridized carbons (Fsp3) is 0.318. The number of amides is 2. The van der Waals surface area contributed by atoms with Crippen molar-refractivity contribution in [2.75, 3.05) is 25.0 Å². The molecule has 1 aromatic carbocycles. The molecule has 3 aromatic rings. The number of rotatable bonds is 9. The number of carbonyl (C=O) groups excluding carboxylic acids is 2. The maximum Gasteiger partial charge on any atom is 0.264 e. The number of carbonyl (C=O) groups is 2. The van der Waals surface area contributed by atoms with Gasteiger partial charge in [-0.15, -0.1) is 0 Å². The largest absolute Gasteiger partial charge is 0.355 e. The number of hydrogen-bond donors (Lipinski definition) is 4. The highest BCUT2D eigenvalue weighted by atomic mass is 32.1. The Hall–Kier alpha value is -3.37. The Morgan fingerprint density at radius 1 is 1.12 bits per heavy atom. The predicted octanol–water partition coefficient (Wildman–Crippen LogP) is 2.35. The van der Waals surface area contributed by atoms with Gasteiger partial charge in [0.2, 0.25) is 11.8 Å². The summed E-state index contributed by atoms with van der Waals surface area (Å²) in [4.78, 5) is 40.5. The van der Waals surface area contributed by atoms with E-state index in [1.807, 2.05) is 44.2 Å². The lowest BCUT2D eigenvalue weighted by molar-refractivity contribution is -0.118. The van der Waals surface area contributed by atoms with Crippen molar-refractivity contribution in [3.8, 4) is 21.8 Å². The molecule has 0 aliphatic rings. The summed E-state index contributed by atoms with van der Waals surface area (Å²) in [6.45, 7) is 6.45. The fourth-order valence-corrected chi connectivity index (χ4v) is 4.07. The molecule has 0 spiro atoms. The molecule has 2 amide bonds. The third kappa shape index (κ3) is 6.08. The molecule has 0 radical (unpaired) electrons. The van der Waals surface area contributed by atoms with E-state index in [9.17, 15) is 14.4 Å². The topological polar surface area (TPSA) is 129 Å². The summed E-state index contributed by atoms with van der Waals surface area (Å²) >= 11 is 1.31. The molecule has 0 fully saturated rings. The van der Waals surface area contributed by atoms with Gasteiger partial charge in [0.15, 0.2) is 5.13 Å². The van der Waals surface area contributed by atoms with Gasteiger partial charge in [0, 0.05) is 31.6 Å². The minimum absolute atomic E-state index is 0.0800. The zero-order valence-electron chi connectivity index (χ0n) is 18.2. The molecule has 0 saturated carbocycles. The summed E-state index contributed by atoms with van der Waals surface area (Å²) in [7, 11) is 0. The molecular weight excluding hydrogens is 428 g/mol. The number of aromatic nitrogens is 3. The van der Waals surface area contributed by atoms with E-state index in [-0.39, 0.29) is 29.8 Å². The number of H-pyrrole nitrogens is 1. The van der Waals surface area contributed by atoms with Gasteiger partial charge in [-0.2, -0.15) is 5.10 Å². The Morgan fingerprint density at radius 2 is 1.88 bits per heavy atom. The maximum atomic E-state index is 12.4. The van der Waals surface area contributed by atoms with Crippen molar-refractivity contribution in [3.63, 3.8) is 0 Å². The third-order valence-electron chi connectivity index (χ3n) is 4.56. The summed E-state index contributed by atoms with van der Waals surface area (Å²) in [5, 5.41) is 15.7. The summed E-state index contributed by atoms with van der Waals surface area (Å²) in [5.41, 5.74) is 2.76. The molecular formula is C22H26N6O3S. The normalized spacial score (nSPS) is 10.9. The van der Waals surface area contributed by atoms with Crippen LogP contribution in [0.2, 0.25) is 0 Å². The molecule has 9 nitrogen and oxygen atoms in total. The minimum Gasteiger partial charge on any atom is -0.355 e. The van der Waals surface area contributed by atoms with E-state index in [0.29, 0.717) is 29.6 Å². The molecule has 32 heavy (non-hydrogen) atoms. The molecule has 0 atom stereocenters. The Labute approximate surface area is 189 Å².